The second-order valence-electron chi connectivity index (χ2n) is 2.51. The minimum Gasteiger partial charge on any atom is -0.347 e. The third-order valence-electron chi connectivity index (χ3n) is 1.60. The summed E-state index contributed by atoms with van der Waals surface area (Å²) < 4.78 is 0. The standard InChI is InChI=1S/C11H10N2/c1-3-10-6-4-5-7-11(10)13-9(2)8-12/h3-7,13H,1-2H2. The van der Waals surface area contributed by atoms with Gasteiger partial charge in [-0.3, -0.25) is 0 Å². The number of hydrogen-bond donors (Lipinski definition) is 1. The van der Waals surface area contributed by atoms with Crippen molar-refractivity contribution in [3.63, 3.8) is 0 Å². The first-order valence-electron chi connectivity index (χ1n) is 3.85. The fraction of sp³-hybridized carbons (Fsp3) is 0. The number of hydrogen-bond acceptors (Lipinski definition) is 2. The molecule has 0 saturated heterocycles. The van der Waals surface area contributed by atoms with E-state index in [0.717, 1.165) is 11.3 Å². The van der Waals surface area contributed by atoms with Gasteiger partial charge in [-0.15, -0.1) is 0 Å². The largest absolute Gasteiger partial charge is 0.347 e. The summed E-state index contributed by atoms with van der Waals surface area (Å²) in [5.41, 5.74) is 2.14. The zero-order valence-corrected chi connectivity index (χ0v) is 7.25. The highest BCUT2D eigenvalue weighted by atomic mass is 14.9. The van der Waals surface area contributed by atoms with Crippen LogP contribution in [0, 0.1) is 11.3 Å². The van der Waals surface area contributed by atoms with E-state index in [1.54, 1.807) is 6.08 Å². The van der Waals surface area contributed by atoms with Crippen LogP contribution in [0.15, 0.2) is 43.1 Å². The molecule has 0 spiro atoms. The minimum absolute atomic E-state index is 0.328. The van der Waals surface area contributed by atoms with Crippen LogP contribution in [0.3, 0.4) is 0 Å². The lowest BCUT2D eigenvalue weighted by Crippen LogP contribution is -1.96. The molecule has 0 aromatic heterocycles. The van der Waals surface area contributed by atoms with Gasteiger partial charge in [0.25, 0.3) is 0 Å². The highest BCUT2D eigenvalue weighted by molar-refractivity contribution is 5.67. The predicted octanol–water partition coefficient (Wildman–Crippen LogP) is 2.78. The van der Waals surface area contributed by atoms with E-state index in [1.807, 2.05) is 30.3 Å². The third kappa shape index (κ3) is 2.21. The Kier molecular flexibility index (Phi) is 2.88. The smallest absolute Gasteiger partial charge is 0.117 e. The Balaban J connectivity index is 2.95. The van der Waals surface area contributed by atoms with Crippen molar-refractivity contribution in [3.8, 4) is 6.07 Å². The van der Waals surface area contributed by atoms with Gasteiger partial charge in [0, 0.05) is 5.69 Å². The molecule has 0 radical (unpaired) electrons. The lowest BCUT2D eigenvalue weighted by molar-refractivity contribution is 1.43. The van der Waals surface area contributed by atoms with Gasteiger partial charge in [-0.05, 0) is 11.6 Å². The second-order valence-corrected chi connectivity index (χ2v) is 2.51. The van der Waals surface area contributed by atoms with Gasteiger partial charge < -0.3 is 5.32 Å². The van der Waals surface area contributed by atoms with Crippen LogP contribution < -0.4 is 5.32 Å². The summed E-state index contributed by atoms with van der Waals surface area (Å²) in [6.07, 6.45) is 1.73. The summed E-state index contributed by atoms with van der Waals surface area (Å²) in [7, 11) is 0. The lowest BCUT2D eigenvalue weighted by Gasteiger charge is -2.06. The average Bonchev–Trinajstić information content (AvgIpc) is 2.18. The number of para-hydroxylation sites is 1. The number of rotatable bonds is 3. The fourth-order valence-electron chi connectivity index (χ4n) is 0.979. The van der Waals surface area contributed by atoms with Crippen LogP contribution in [0.4, 0.5) is 5.69 Å². The van der Waals surface area contributed by atoms with Crippen LogP contribution in [-0.2, 0) is 0 Å². The molecule has 1 N–H and O–H groups in total. The van der Waals surface area contributed by atoms with Crippen LogP contribution in [-0.4, -0.2) is 0 Å². The molecule has 1 aromatic rings. The van der Waals surface area contributed by atoms with E-state index in [1.165, 1.54) is 0 Å². The molecule has 0 saturated carbocycles. The first kappa shape index (κ1) is 9.08. The molecule has 1 aromatic carbocycles. The molecule has 0 bridgehead atoms. The van der Waals surface area contributed by atoms with Crippen molar-refractivity contribution in [2.75, 3.05) is 5.32 Å². The summed E-state index contributed by atoms with van der Waals surface area (Å²) in [6, 6.07) is 9.52. The van der Waals surface area contributed by atoms with Gasteiger partial charge in [-0.2, -0.15) is 5.26 Å². The molecule has 0 aliphatic heterocycles. The molecule has 2 heteroatoms. The van der Waals surface area contributed by atoms with E-state index < -0.39 is 0 Å². The normalized spacial score (nSPS) is 8.54. The third-order valence-corrected chi connectivity index (χ3v) is 1.60. The first-order valence-corrected chi connectivity index (χ1v) is 3.85. The SMILES string of the molecule is C=Cc1ccccc1NC(=C)C#N. The minimum atomic E-state index is 0.328. The van der Waals surface area contributed by atoms with Gasteiger partial charge in [0.2, 0.25) is 0 Å². The second kappa shape index (κ2) is 4.13. The predicted molar refractivity (Wildman–Crippen MR) is 54.9 cm³/mol. The summed E-state index contributed by atoms with van der Waals surface area (Å²) in [6.45, 7) is 7.21. The maximum absolute atomic E-state index is 8.52. The van der Waals surface area contributed by atoms with E-state index in [9.17, 15) is 0 Å². The number of nitriles is 1. The van der Waals surface area contributed by atoms with Crippen LogP contribution in [0.5, 0.6) is 0 Å². The molecule has 0 aliphatic rings. The molecule has 0 aliphatic carbocycles. The van der Waals surface area contributed by atoms with E-state index in [4.69, 9.17) is 5.26 Å². The van der Waals surface area contributed by atoms with E-state index in [-0.39, 0.29) is 0 Å². The lowest BCUT2D eigenvalue weighted by atomic mass is 10.2. The highest BCUT2D eigenvalue weighted by Gasteiger charge is 1.97. The maximum atomic E-state index is 8.52. The summed E-state index contributed by atoms with van der Waals surface area (Å²) >= 11 is 0. The molecular formula is C11H10N2. The molecule has 0 atom stereocenters. The Bertz CT molecular complexity index is 372. The van der Waals surface area contributed by atoms with E-state index >= 15 is 0 Å². The average molecular weight is 170 g/mol. The van der Waals surface area contributed by atoms with Gasteiger partial charge in [0.15, 0.2) is 0 Å². The van der Waals surface area contributed by atoms with E-state index in [0.29, 0.717) is 5.70 Å². The van der Waals surface area contributed by atoms with Crippen LogP contribution in [0.1, 0.15) is 5.56 Å². The maximum Gasteiger partial charge on any atom is 0.117 e. The van der Waals surface area contributed by atoms with Crippen LogP contribution in [0.2, 0.25) is 0 Å². The van der Waals surface area contributed by atoms with Crippen LogP contribution in [0.25, 0.3) is 6.08 Å². The van der Waals surface area contributed by atoms with Gasteiger partial charge in [-0.1, -0.05) is 37.4 Å². The van der Waals surface area contributed by atoms with Crippen molar-refractivity contribution >= 4 is 11.8 Å². The molecule has 13 heavy (non-hydrogen) atoms. The Labute approximate surface area is 77.8 Å². The van der Waals surface area contributed by atoms with E-state index in [2.05, 4.69) is 18.5 Å². The summed E-state index contributed by atoms with van der Waals surface area (Å²) in [5, 5.41) is 11.4. The Morgan fingerprint density at radius 2 is 2.15 bits per heavy atom. The molecule has 0 fully saturated rings. The number of nitrogens with zero attached hydrogens (tertiary/aromatic N) is 1. The van der Waals surface area contributed by atoms with Gasteiger partial charge in [0.1, 0.15) is 11.8 Å². The van der Waals surface area contributed by atoms with Crippen molar-refractivity contribution in [2.45, 2.75) is 0 Å². The van der Waals surface area contributed by atoms with Crippen molar-refractivity contribution < 1.29 is 0 Å². The molecule has 0 heterocycles. The number of nitrogens with one attached hydrogen (secondary N) is 1. The zero-order valence-electron chi connectivity index (χ0n) is 7.25. The number of benzene rings is 1. The Hall–Kier alpha value is -2.01. The topological polar surface area (TPSA) is 35.8 Å². The molecule has 64 valence electrons. The molecular weight excluding hydrogens is 160 g/mol. The zero-order chi connectivity index (χ0) is 9.68. The highest BCUT2D eigenvalue weighted by Crippen LogP contribution is 2.16. The summed E-state index contributed by atoms with van der Waals surface area (Å²) in [5.74, 6) is 0. The van der Waals surface area contributed by atoms with Crippen molar-refractivity contribution in [2.24, 2.45) is 0 Å². The van der Waals surface area contributed by atoms with Gasteiger partial charge in [-0.25, -0.2) is 0 Å². The molecule has 1 rings (SSSR count). The summed E-state index contributed by atoms with van der Waals surface area (Å²) in [4.78, 5) is 0. The van der Waals surface area contributed by atoms with Crippen molar-refractivity contribution in [1.29, 1.82) is 5.26 Å². The molecule has 2 nitrogen and oxygen atoms in total. The Morgan fingerprint density at radius 3 is 2.77 bits per heavy atom. The fourth-order valence-corrected chi connectivity index (χ4v) is 0.979. The van der Waals surface area contributed by atoms with Gasteiger partial charge in [0.05, 0.1) is 0 Å². The van der Waals surface area contributed by atoms with Crippen LogP contribution >= 0.6 is 0 Å². The Morgan fingerprint density at radius 1 is 1.46 bits per heavy atom. The quantitative estimate of drug-likeness (QED) is 0.708. The van der Waals surface area contributed by atoms with Crippen molar-refractivity contribution in [1.82, 2.24) is 0 Å². The van der Waals surface area contributed by atoms with Crippen molar-refractivity contribution in [3.05, 3.63) is 48.7 Å². The molecule has 0 unspecified atom stereocenters. The first-order chi connectivity index (χ1) is 6.27. The number of allylic oxidation sites excluding steroid dienone is 1. The monoisotopic (exact) mass is 170 g/mol. The molecule has 0 amide bonds. The number of anilines is 1. The van der Waals surface area contributed by atoms with Gasteiger partial charge >= 0.3 is 0 Å².